The second-order valence-electron chi connectivity index (χ2n) is 8.26. The molecular formula is C26H25N3O3. The minimum Gasteiger partial charge on any atom is -0.875 e. The summed E-state index contributed by atoms with van der Waals surface area (Å²) >= 11 is 0. The number of quaternary nitrogens is 1. The lowest BCUT2D eigenvalue weighted by molar-refractivity contribution is -0.910. The van der Waals surface area contributed by atoms with Crippen molar-refractivity contribution < 1.29 is 19.5 Å². The molecule has 0 spiro atoms. The van der Waals surface area contributed by atoms with Gasteiger partial charge in [0.1, 0.15) is 12.6 Å². The number of hydrogen-bond acceptors (Lipinski definition) is 4. The van der Waals surface area contributed by atoms with Crippen molar-refractivity contribution >= 4 is 11.4 Å². The molecule has 0 radical (unpaired) electrons. The zero-order valence-electron chi connectivity index (χ0n) is 18.0. The molecule has 3 aliphatic rings. The van der Waals surface area contributed by atoms with Gasteiger partial charge in [-0.05, 0) is 48.3 Å². The highest BCUT2D eigenvalue weighted by atomic mass is 16.5. The van der Waals surface area contributed by atoms with Crippen LogP contribution in [0.2, 0.25) is 0 Å². The molecule has 3 unspecified atom stereocenters. The molecule has 6 heteroatoms. The van der Waals surface area contributed by atoms with Gasteiger partial charge >= 0.3 is 0 Å². The van der Waals surface area contributed by atoms with Crippen molar-refractivity contribution in [2.45, 2.75) is 25.5 Å². The molecule has 1 N–H and O–H groups in total. The zero-order chi connectivity index (χ0) is 22.7. The van der Waals surface area contributed by atoms with E-state index in [-0.39, 0.29) is 35.3 Å². The molecule has 0 heterocycles. The second-order valence-corrected chi connectivity index (χ2v) is 8.26. The number of ether oxygens (including phenoxy) is 1. The Hall–Kier alpha value is -3.45. The fourth-order valence-electron chi connectivity index (χ4n) is 4.76. The molecule has 6 nitrogen and oxygen atoms in total. The van der Waals surface area contributed by atoms with Crippen LogP contribution in [0.3, 0.4) is 0 Å². The van der Waals surface area contributed by atoms with Gasteiger partial charge in [0.15, 0.2) is 5.78 Å². The molecule has 3 atom stereocenters. The molecular weight excluding hydrogens is 402 g/mol. The number of ketones is 1. The van der Waals surface area contributed by atoms with Gasteiger partial charge in [0.2, 0.25) is 0 Å². The van der Waals surface area contributed by atoms with Crippen molar-refractivity contribution in [3.63, 3.8) is 0 Å². The standard InChI is InChI=1S/C26H25N3O3/c1-3-29(18-10-8-17(9-11-18)26-23(30)15-24(26)31)12-13-32-25-14-21(22(16-27)28-2)19-6-4-5-7-20(19)25/h4-11,15,17-18,25-26,30H,3,12-14H2,1H3/b22-21+. The van der Waals surface area contributed by atoms with Gasteiger partial charge in [-0.1, -0.05) is 36.4 Å². The van der Waals surface area contributed by atoms with E-state index in [2.05, 4.69) is 23.9 Å². The summed E-state index contributed by atoms with van der Waals surface area (Å²) < 4.78 is 6.23. The van der Waals surface area contributed by atoms with Crippen LogP contribution in [0.15, 0.2) is 66.1 Å². The van der Waals surface area contributed by atoms with Crippen LogP contribution in [0.4, 0.5) is 0 Å². The van der Waals surface area contributed by atoms with Gasteiger partial charge in [-0.15, -0.1) is 5.76 Å². The predicted octanol–water partition coefficient (Wildman–Crippen LogP) is 1.76. The molecule has 32 heavy (non-hydrogen) atoms. The molecule has 0 amide bonds. The van der Waals surface area contributed by atoms with Crippen molar-refractivity contribution in [2.75, 3.05) is 19.7 Å². The molecule has 0 bridgehead atoms. The van der Waals surface area contributed by atoms with E-state index in [1.54, 1.807) is 0 Å². The topological polar surface area (TPSA) is 81.9 Å². The summed E-state index contributed by atoms with van der Waals surface area (Å²) in [6.45, 7) is 11.7. The van der Waals surface area contributed by atoms with Crippen molar-refractivity contribution in [1.82, 2.24) is 0 Å². The summed E-state index contributed by atoms with van der Waals surface area (Å²) in [7, 11) is 0. The maximum absolute atomic E-state index is 11.7. The first-order valence-corrected chi connectivity index (χ1v) is 10.9. The highest BCUT2D eigenvalue weighted by Gasteiger charge is 2.32. The smallest absolute Gasteiger partial charge is 0.265 e. The number of nitriles is 1. The monoisotopic (exact) mass is 427 g/mol. The van der Waals surface area contributed by atoms with E-state index in [0.29, 0.717) is 13.0 Å². The van der Waals surface area contributed by atoms with Crippen molar-refractivity contribution in [3.8, 4) is 6.07 Å². The van der Waals surface area contributed by atoms with Crippen LogP contribution >= 0.6 is 0 Å². The number of carbonyl (C=O) groups is 1. The zero-order valence-corrected chi connectivity index (χ0v) is 18.0. The number of carbonyl (C=O) groups excluding carboxylic acids is 1. The summed E-state index contributed by atoms with van der Waals surface area (Å²) in [4.78, 5) is 16.4. The fraction of sp³-hybridized carbons (Fsp3) is 0.346. The summed E-state index contributed by atoms with van der Waals surface area (Å²) in [5.41, 5.74) is 2.87. The van der Waals surface area contributed by atoms with E-state index in [1.807, 2.05) is 42.5 Å². The Labute approximate surface area is 188 Å². The van der Waals surface area contributed by atoms with Crippen molar-refractivity contribution in [1.29, 1.82) is 5.26 Å². The minimum absolute atomic E-state index is 0.0797. The molecule has 3 aliphatic carbocycles. The van der Waals surface area contributed by atoms with E-state index in [1.165, 1.54) is 11.0 Å². The van der Waals surface area contributed by atoms with Crippen LogP contribution in [0.25, 0.3) is 10.4 Å². The fourth-order valence-corrected chi connectivity index (χ4v) is 4.76. The molecule has 1 aromatic carbocycles. The van der Waals surface area contributed by atoms with Crippen LogP contribution < -0.4 is 10.0 Å². The molecule has 0 saturated heterocycles. The number of likely N-dealkylation sites (N-methyl/N-ethyl adjacent to an activating group) is 1. The predicted molar refractivity (Wildman–Crippen MR) is 117 cm³/mol. The number of allylic oxidation sites excluding steroid dienone is 5. The van der Waals surface area contributed by atoms with Crippen LogP contribution in [0.5, 0.6) is 0 Å². The van der Waals surface area contributed by atoms with Gasteiger partial charge in [0.05, 0.1) is 31.9 Å². The summed E-state index contributed by atoms with van der Waals surface area (Å²) in [6, 6.07) is 10.0. The van der Waals surface area contributed by atoms with Crippen LogP contribution in [0, 0.1) is 29.7 Å². The highest BCUT2D eigenvalue weighted by molar-refractivity contribution is 6.00. The maximum atomic E-state index is 11.7. The van der Waals surface area contributed by atoms with Crippen LogP contribution in [-0.4, -0.2) is 31.5 Å². The number of benzene rings is 1. The van der Waals surface area contributed by atoms with E-state index in [4.69, 9.17) is 11.3 Å². The Morgan fingerprint density at radius 3 is 2.69 bits per heavy atom. The van der Waals surface area contributed by atoms with E-state index >= 15 is 0 Å². The molecule has 0 fully saturated rings. The quantitative estimate of drug-likeness (QED) is 0.408. The van der Waals surface area contributed by atoms with Crippen LogP contribution in [-0.2, 0) is 9.53 Å². The number of fused-ring (bicyclic) bond motifs is 1. The molecule has 162 valence electrons. The van der Waals surface area contributed by atoms with E-state index in [0.717, 1.165) is 29.8 Å². The first kappa shape index (κ1) is 21.8. The first-order valence-electron chi connectivity index (χ1n) is 10.9. The van der Waals surface area contributed by atoms with Gasteiger partial charge in [-0.25, -0.2) is 10.1 Å². The van der Waals surface area contributed by atoms with Gasteiger partial charge in [0.25, 0.3) is 5.70 Å². The van der Waals surface area contributed by atoms with Crippen molar-refractivity contribution in [3.05, 3.63) is 88.6 Å². The lowest BCUT2D eigenvalue weighted by Gasteiger charge is -2.35. The summed E-state index contributed by atoms with van der Waals surface area (Å²) in [5, 5.41) is 21.0. The third-order valence-corrected chi connectivity index (χ3v) is 6.56. The summed E-state index contributed by atoms with van der Waals surface area (Å²) in [6.07, 6.45) is 9.69. The first-order chi connectivity index (χ1) is 15.6. The Morgan fingerprint density at radius 2 is 2.06 bits per heavy atom. The maximum Gasteiger partial charge on any atom is 0.265 e. The largest absolute Gasteiger partial charge is 0.875 e. The Balaban J connectivity index is 1.36. The lowest BCUT2D eigenvalue weighted by Crippen LogP contribution is -3.15. The average molecular weight is 428 g/mol. The number of nitrogens with one attached hydrogen (secondary N) is 1. The molecule has 0 aromatic heterocycles. The Kier molecular flexibility index (Phi) is 6.37. The van der Waals surface area contributed by atoms with Gasteiger partial charge in [0, 0.05) is 11.8 Å². The molecule has 1 aromatic rings. The van der Waals surface area contributed by atoms with Crippen molar-refractivity contribution in [2.24, 2.45) is 11.8 Å². The molecule has 0 saturated carbocycles. The normalized spacial score (nSPS) is 28.2. The van der Waals surface area contributed by atoms with E-state index < -0.39 is 5.92 Å². The SMILES string of the molecule is [C-]#[N+]/C(C#N)=C1\CC(OCC[NH+](CC)C2C=CC(C3C(=O)C=C3[O-])C=C2)c2ccccc21. The number of rotatable bonds is 7. The van der Waals surface area contributed by atoms with E-state index in [9.17, 15) is 15.2 Å². The molecule has 0 aliphatic heterocycles. The number of nitrogens with zero attached hydrogens (tertiary/aromatic N) is 2. The third kappa shape index (κ3) is 4.03. The Bertz CT molecular complexity index is 1090. The minimum atomic E-state index is -0.532. The lowest BCUT2D eigenvalue weighted by atomic mass is 9.77. The summed E-state index contributed by atoms with van der Waals surface area (Å²) in [5.74, 6) is -0.828. The highest BCUT2D eigenvalue weighted by Crippen LogP contribution is 2.43. The molecule has 4 rings (SSSR count). The van der Waals surface area contributed by atoms with Gasteiger partial charge in [-0.2, -0.15) is 0 Å². The van der Waals surface area contributed by atoms with Gasteiger partial charge in [-0.3, -0.25) is 4.79 Å². The average Bonchev–Trinajstić information content (AvgIpc) is 3.17. The number of hydrogen-bond donors (Lipinski definition) is 1. The van der Waals surface area contributed by atoms with Gasteiger partial charge < -0.3 is 14.7 Å². The second kappa shape index (κ2) is 9.36. The Morgan fingerprint density at radius 1 is 1.31 bits per heavy atom. The van der Waals surface area contributed by atoms with Crippen LogP contribution in [0.1, 0.15) is 30.6 Å². The third-order valence-electron chi connectivity index (χ3n) is 6.56.